The molecule has 0 aromatic heterocycles. The molecule has 2 rings (SSSR count). The van der Waals surface area contributed by atoms with Crippen LogP contribution in [0.25, 0.3) is 11.1 Å². The van der Waals surface area contributed by atoms with Crippen LogP contribution >= 0.6 is 11.6 Å². The number of nitrogen functional groups attached to an aromatic ring is 1. The van der Waals surface area contributed by atoms with Crippen molar-refractivity contribution >= 4 is 17.3 Å². The van der Waals surface area contributed by atoms with Gasteiger partial charge in [-0.15, -0.1) is 0 Å². The van der Waals surface area contributed by atoms with Gasteiger partial charge in [-0.05, 0) is 30.3 Å². The summed E-state index contributed by atoms with van der Waals surface area (Å²) < 4.78 is 39.8. The molecule has 2 N–H and O–H groups in total. The van der Waals surface area contributed by atoms with Crippen LogP contribution in [0.15, 0.2) is 30.3 Å². The average molecular weight is 258 g/mol. The van der Waals surface area contributed by atoms with Crippen molar-refractivity contribution in [1.29, 1.82) is 0 Å². The van der Waals surface area contributed by atoms with Gasteiger partial charge in [0.05, 0.1) is 5.02 Å². The number of hydrogen-bond donors (Lipinski definition) is 1. The van der Waals surface area contributed by atoms with Gasteiger partial charge in [0, 0.05) is 16.8 Å². The molecule has 0 aliphatic heterocycles. The van der Waals surface area contributed by atoms with Gasteiger partial charge < -0.3 is 5.73 Å². The van der Waals surface area contributed by atoms with Gasteiger partial charge in [-0.1, -0.05) is 11.6 Å². The van der Waals surface area contributed by atoms with Crippen LogP contribution in [0.3, 0.4) is 0 Å². The molecule has 0 saturated heterocycles. The normalized spacial score (nSPS) is 10.6. The molecule has 0 radical (unpaired) electrons. The van der Waals surface area contributed by atoms with Crippen molar-refractivity contribution in [2.45, 2.75) is 0 Å². The molecule has 2 aromatic carbocycles. The van der Waals surface area contributed by atoms with E-state index in [1.165, 1.54) is 12.1 Å². The largest absolute Gasteiger partial charge is 0.398 e. The van der Waals surface area contributed by atoms with Crippen LogP contribution in [0.1, 0.15) is 0 Å². The second-order valence-electron chi connectivity index (χ2n) is 3.45. The first-order valence-corrected chi connectivity index (χ1v) is 5.07. The molecule has 17 heavy (non-hydrogen) atoms. The van der Waals surface area contributed by atoms with Gasteiger partial charge in [-0.25, -0.2) is 13.2 Å². The van der Waals surface area contributed by atoms with Gasteiger partial charge in [-0.3, -0.25) is 0 Å². The molecular formula is C12H7ClF3N. The van der Waals surface area contributed by atoms with Crippen LogP contribution < -0.4 is 5.73 Å². The van der Waals surface area contributed by atoms with E-state index in [1.54, 1.807) is 0 Å². The van der Waals surface area contributed by atoms with E-state index in [0.717, 1.165) is 18.2 Å². The summed E-state index contributed by atoms with van der Waals surface area (Å²) in [5.41, 5.74) is 5.52. The van der Waals surface area contributed by atoms with Crippen molar-refractivity contribution in [3.8, 4) is 11.1 Å². The Morgan fingerprint density at radius 3 is 2.41 bits per heavy atom. The van der Waals surface area contributed by atoms with Crippen molar-refractivity contribution in [3.05, 3.63) is 52.8 Å². The van der Waals surface area contributed by atoms with E-state index in [1.807, 2.05) is 0 Å². The van der Waals surface area contributed by atoms with Crippen molar-refractivity contribution in [2.24, 2.45) is 0 Å². The van der Waals surface area contributed by atoms with Gasteiger partial charge in [-0.2, -0.15) is 0 Å². The lowest BCUT2D eigenvalue weighted by atomic mass is 10.0. The highest BCUT2D eigenvalue weighted by atomic mass is 35.5. The quantitative estimate of drug-likeness (QED) is 0.606. The Morgan fingerprint density at radius 2 is 1.71 bits per heavy atom. The first-order valence-electron chi connectivity index (χ1n) is 4.69. The Bertz CT molecular complexity index is 584. The predicted octanol–water partition coefficient (Wildman–Crippen LogP) is 4.01. The molecule has 2 aromatic rings. The third kappa shape index (κ3) is 2.08. The summed E-state index contributed by atoms with van der Waals surface area (Å²) in [6.45, 7) is 0. The molecule has 0 aliphatic rings. The highest BCUT2D eigenvalue weighted by molar-refractivity contribution is 6.33. The SMILES string of the molecule is Nc1ccc(F)cc1-c1c(Cl)ccc(F)c1F. The smallest absolute Gasteiger partial charge is 0.168 e. The zero-order valence-corrected chi connectivity index (χ0v) is 9.23. The second kappa shape index (κ2) is 4.30. The minimum Gasteiger partial charge on any atom is -0.398 e. The first-order chi connectivity index (χ1) is 8.00. The number of halogens is 4. The average Bonchev–Trinajstić information content (AvgIpc) is 2.29. The number of nitrogens with two attached hydrogens (primary N) is 1. The third-order valence-electron chi connectivity index (χ3n) is 2.33. The summed E-state index contributed by atoms with van der Waals surface area (Å²) in [6.07, 6.45) is 0. The number of benzene rings is 2. The van der Waals surface area contributed by atoms with Crippen LogP contribution in [0.5, 0.6) is 0 Å². The Kier molecular flexibility index (Phi) is 2.98. The molecule has 0 spiro atoms. The topological polar surface area (TPSA) is 26.0 Å². The Hall–Kier alpha value is -1.68. The van der Waals surface area contributed by atoms with Crippen LogP contribution in [0.4, 0.5) is 18.9 Å². The molecule has 5 heteroatoms. The van der Waals surface area contributed by atoms with E-state index in [2.05, 4.69) is 0 Å². The first kappa shape index (κ1) is 11.8. The number of anilines is 1. The second-order valence-corrected chi connectivity index (χ2v) is 3.86. The van der Waals surface area contributed by atoms with Gasteiger partial charge in [0.2, 0.25) is 0 Å². The van der Waals surface area contributed by atoms with E-state index < -0.39 is 17.5 Å². The molecule has 0 saturated carbocycles. The van der Waals surface area contributed by atoms with Crippen LogP contribution in [0, 0.1) is 17.5 Å². The van der Waals surface area contributed by atoms with Crippen molar-refractivity contribution < 1.29 is 13.2 Å². The summed E-state index contributed by atoms with van der Waals surface area (Å²) in [6, 6.07) is 5.50. The minimum absolute atomic E-state index is 0.0267. The van der Waals surface area contributed by atoms with E-state index in [9.17, 15) is 13.2 Å². The summed E-state index contributed by atoms with van der Waals surface area (Å²) in [5.74, 6) is -2.81. The predicted molar refractivity (Wildman–Crippen MR) is 61.2 cm³/mol. The molecule has 0 atom stereocenters. The lowest BCUT2D eigenvalue weighted by molar-refractivity contribution is 0.511. The minimum atomic E-state index is -1.14. The molecule has 0 amide bonds. The number of hydrogen-bond acceptors (Lipinski definition) is 1. The van der Waals surface area contributed by atoms with Gasteiger partial charge in [0.15, 0.2) is 11.6 Å². The fraction of sp³-hybridized carbons (Fsp3) is 0. The molecule has 88 valence electrons. The maximum atomic E-state index is 13.6. The summed E-state index contributed by atoms with van der Waals surface area (Å²) in [5, 5.41) is -0.0267. The van der Waals surface area contributed by atoms with Crippen molar-refractivity contribution in [1.82, 2.24) is 0 Å². The molecular weight excluding hydrogens is 251 g/mol. The van der Waals surface area contributed by atoms with E-state index in [-0.39, 0.29) is 21.8 Å². The fourth-order valence-electron chi connectivity index (χ4n) is 1.52. The monoisotopic (exact) mass is 257 g/mol. The highest BCUT2D eigenvalue weighted by Crippen LogP contribution is 2.35. The van der Waals surface area contributed by atoms with Gasteiger partial charge in [0.25, 0.3) is 0 Å². The molecule has 0 unspecified atom stereocenters. The zero-order chi connectivity index (χ0) is 12.6. The molecule has 0 heterocycles. The van der Waals surface area contributed by atoms with Crippen LogP contribution in [-0.2, 0) is 0 Å². The standard InChI is InChI=1S/C12H7ClF3N/c13-8-2-3-9(15)12(16)11(8)7-5-6(14)1-4-10(7)17/h1-5H,17H2. The van der Waals surface area contributed by atoms with Crippen LogP contribution in [0.2, 0.25) is 5.02 Å². The lowest BCUT2D eigenvalue weighted by Gasteiger charge is -2.09. The van der Waals surface area contributed by atoms with E-state index >= 15 is 0 Å². The maximum Gasteiger partial charge on any atom is 0.168 e. The zero-order valence-electron chi connectivity index (χ0n) is 8.48. The lowest BCUT2D eigenvalue weighted by Crippen LogP contribution is -1.96. The maximum absolute atomic E-state index is 13.6. The Balaban J connectivity index is 2.76. The summed E-state index contributed by atoms with van der Waals surface area (Å²) >= 11 is 5.78. The Labute approximate surface area is 101 Å². The van der Waals surface area contributed by atoms with Gasteiger partial charge >= 0.3 is 0 Å². The molecule has 0 aliphatic carbocycles. The van der Waals surface area contributed by atoms with Crippen molar-refractivity contribution in [3.63, 3.8) is 0 Å². The van der Waals surface area contributed by atoms with Crippen molar-refractivity contribution in [2.75, 3.05) is 5.73 Å². The summed E-state index contributed by atoms with van der Waals surface area (Å²) in [7, 11) is 0. The summed E-state index contributed by atoms with van der Waals surface area (Å²) in [4.78, 5) is 0. The molecule has 0 fully saturated rings. The molecule has 0 bridgehead atoms. The van der Waals surface area contributed by atoms with E-state index in [0.29, 0.717) is 0 Å². The fourth-order valence-corrected chi connectivity index (χ4v) is 1.77. The highest BCUT2D eigenvalue weighted by Gasteiger charge is 2.16. The number of rotatable bonds is 1. The Morgan fingerprint density at radius 1 is 1.00 bits per heavy atom. The van der Waals surface area contributed by atoms with Crippen LogP contribution in [-0.4, -0.2) is 0 Å². The molecule has 1 nitrogen and oxygen atoms in total. The third-order valence-corrected chi connectivity index (χ3v) is 2.64. The van der Waals surface area contributed by atoms with E-state index in [4.69, 9.17) is 17.3 Å². The van der Waals surface area contributed by atoms with Gasteiger partial charge in [0.1, 0.15) is 5.82 Å².